The first-order valence-electron chi connectivity index (χ1n) is 8.21. The molecular formula is C18H14F2N6OS. The highest BCUT2D eigenvalue weighted by Crippen LogP contribution is 2.22. The van der Waals surface area contributed by atoms with Crippen molar-refractivity contribution in [1.82, 2.24) is 24.7 Å². The molecular weight excluding hydrogens is 386 g/mol. The minimum absolute atomic E-state index is 0.0191. The largest absolute Gasteiger partial charge is 0.283 e. The highest BCUT2D eigenvalue weighted by molar-refractivity contribution is 7.84. The number of fused-ring (bicyclic) bond motifs is 1. The normalized spacial score (nSPS) is 12.4. The van der Waals surface area contributed by atoms with Crippen molar-refractivity contribution in [3.63, 3.8) is 0 Å². The third-order valence-electron chi connectivity index (χ3n) is 4.17. The van der Waals surface area contributed by atoms with Crippen LogP contribution in [0, 0.1) is 24.0 Å². The quantitative estimate of drug-likeness (QED) is 0.514. The Hall–Kier alpha value is -3.27. The van der Waals surface area contributed by atoms with Gasteiger partial charge in [0.15, 0.2) is 5.65 Å². The van der Waals surface area contributed by atoms with Crippen molar-refractivity contribution in [2.75, 3.05) is 0 Å². The van der Waals surface area contributed by atoms with Crippen molar-refractivity contribution in [3.05, 3.63) is 71.1 Å². The van der Waals surface area contributed by atoms with Gasteiger partial charge in [0.05, 0.1) is 21.9 Å². The van der Waals surface area contributed by atoms with Crippen LogP contribution in [0.2, 0.25) is 0 Å². The molecule has 142 valence electrons. The molecule has 2 N–H and O–H groups in total. The molecule has 0 saturated carbocycles. The van der Waals surface area contributed by atoms with Crippen LogP contribution in [0.15, 0.2) is 47.9 Å². The van der Waals surface area contributed by atoms with Crippen LogP contribution in [0.3, 0.4) is 0 Å². The van der Waals surface area contributed by atoms with Gasteiger partial charge < -0.3 is 0 Å². The van der Waals surface area contributed by atoms with Crippen LogP contribution in [0.25, 0.3) is 16.7 Å². The number of aromatic amines is 1. The summed E-state index contributed by atoms with van der Waals surface area (Å²) in [5, 5.41) is 15.4. The molecule has 0 saturated heterocycles. The molecule has 0 spiro atoms. The number of aromatic nitrogens is 5. The van der Waals surface area contributed by atoms with Crippen molar-refractivity contribution in [3.8, 4) is 5.69 Å². The molecule has 1 unspecified atom stereocenters. The van der Waals surface area contributed by atoms with E-state index >= 15 is 0 Å². The molecule has 4 rings (SSSR count). The van der Waals surface area contributed by atoms with Gasteiger partial charge in [-0.1, -0.05) is 12.1 Å². The Morgan fingerprint density at radius 1 is 1.21 bits per heavy atom. The van der Waals surface area contributed by atoms with E-state index in [9.17, 15) is 13.0 Å². The molecule has 4 aromatic rings. The summed E-state index contributed by atoms with van der Waals surface area (Å²) in [4.78, 5) is 8.23. The lowest BCUT2D eigenvalue weighted by Gasteiger charge is -2.14. The van der Waals surface area contributed by atoms with Gasteiger partial charge in [-0.3, -0.25) is 24.3 Å². The molecule has 0 aliphatic carbocycles. The third-order valence-corrected chi connectivity index (χ3v) is 5.44. The summed E-state index contributed by atoms with van der Waals surface area (Å²) in [6.07, 6.45) is 3.13. The minimum atomic E-state index is -1.82. The Balaban J connectivity index is 2.00. The molecule has 3 heterocycles. The summed E-state index contributed by atoms with van der Waals surface area (Å²) in [5.74, 6) is -1.76. The zero-order valence-corrected chi connectivity index (χ0v) is 15.4. The van der Waals surface area contributed by atoms with Crippen LogP contribution in [-0.4, -0.2) is 28.9 Å². The second kappa shape index (κ2) is 7.04. The van der Waals surface area contributed by atoms with Gasteiger partial charge in [0.25, 0.3) is 0 Å². The number of para-hydroxylation sites is 1. The highest BCUT2D eigenvalue weighted by atomic mass is 32.2. The number of pyridine rings is 1. The molecule has 3 aromatic heterocycles. The Bertz CT molecular complexity index is 1250. The predicted octanol–water partition coefficient (Wildman–Crippen LogP) is 2.52. The molecule has 0 bridgehead atoms. The number of halogens is 2. The molecule has 0 aliphatic rings. The smallest absolute Gasteiger partial charge is 0.207 e. The van der Waals surface area contributed by atoms with E-state index in [-0.39, 0.29) is 22.0 Å². The zero-order chi connectivity index (χ0) is 19.8. The summed E-state index contributed by atoms with van der Waals surface area (Å²) >= 11 is 0. The van der Waals surface area contributed by atoms with Crippen LogP contribution in [0.1, 0.15) is 11.3 Å². The monoisotopic (exact) mass is 400 g/mol. The lowest BCUT2D eigenvalue weighted by atomic mass is 10.2. The van der Waals surface area contributed by atoms with E-state index in [0.29, 0.717) is 16.6 Å². The average Bonchev–Trinajstić information content (AvgIpc) is 3.05. The number of aryl methyl sites for hydroxylation is 1. The van der Waals surface area contributed by atoms with E-state index in [1.54, 1.807) is 31.5 Å². The van der Waals surface area contributed by atoms with Gasteiger partial charge in [0, 0.05) is 18.1 Å². The minimum Gasteiger partial charge on any atom is -0.283 e. The fourth-order valence-corrected chi connectivity index (χ4v) is 4.07. The van der Waals surface area contributed by atoms with Gasteiger partial charge in [-0.25, -0.2) is 8.78 Å². The van der Waals surface area contributed by atoms with E-state index in [1.165, 1.54) is 6.07 Å². The van der Waals surface area contributed by atoms with Crippen molar-refractivity contribution in [2.24, 2.45) is 0 Å². The van der Waals surface area contributed by atoms with E-state index < -0.39 is 28.1 Å². The summed E-state index contributed by atoms with van der Waals surface area (Å²) in [7, 11) is -1.82. The van der Waals surface area contributed by atoms with E-state index in [2.05, 4.69) is 20.2 Å². The van der Waals surface area contributed by atoms with Gasteiger partial charge in [-0.15, -0.1) is 0 Å². The SMILES string of the molecule is Cc1[nH]nc2nc(S(=O)Cc3cccnc3)n(-c3c(F)cccc3F)c(=N)c12. The second-order valence-corrected chi connectivity index (χ2v) is 7.39. The molecule has 1 aromatic carbocycles. The fourth-order valence-electron chi connectivity index (χ4n) is 2.89. The molecule has 1 atom stereocenters. The van der Waals surface area contributed by atoms with Gasteiger partial charge in [-0.2, -0.15) is 10.1 Å². The summed E-state index contributed by atoms with van der Waals surface area (Å²) in [5.41, 5.74) is 0.576. The molecule has 0 radical (unpaired) electrons. The van der Waals surface area contributed by atoms with Crippen LogP contribution in [0.5, 0.6) is 0 Å². The Morgan fingerprint density at radius 3 is 2.64 bits per heavy atom. The lowest BCUT2D eigenvalue weighted by molar-refractivity contribution is 0.552. The molecule has 0 aliphatic heterocycles. The second-order valence-electron chi connectivity index (χ2n) is 6.05. The van der Waals surface area contributed by atoms with Crippen molar-refractivity contribution in [2.45, 2.75) is 17.8 Å². The first-order valence-corrected chi connectivity index (χ1v) is 9.53. The van der Waals surface area contributed by atoms with Crippen molar-refractivity contribution in [1.29, 1.82) is 5.41 Å². The number of hydrogen-bond donors (Lipinski definition) is 2. The third kappa shape index (κ3) is 3.01. The number of hydrogen-bond acceptors (Lipinski definition) is 5. The van der Waals surface area contributed by atoms with Crippen LogP contribution in [-0.2, 0) is 16.6 Å². The molecule has 0 amide bonds. The first kappa shape index (κ1) is 18.1. The first-order chi connectivity index (χ1) is 13.5. The van der Waals surface area contributed by atoms with E-state index in [0.717, 1.165) is 16.7 Å². The number of rotatable bonds is 4. The zero-order valence-electron chi connectivity index (χ0n) is 14.6. The average molecular weight is 400 g/mol. The number of nitrogens with zero attached hydrogens (tertiary/aromatic N) is 4. The van der Waals surface area contributed by atoms with Crippen LogP contribution >= 0.6 is 0 Å². The standard InChI is InChI=1S/C18H14F2N6OS/c1-10-14-16(21)26(15-12(19)5-2-6-13(15)20)18(23-17(14)25-24-10)28(27)9-11-4-3-7-22-8-11/h2-8,21H,9H2,1H3,(H,24,25). The Kier molecular flexibility index (Phi) is 4.55. The molecule has 10 heteroatoms. The van der Waals surface area contributed by atoms with Crippen LogP contribution in [0.4, 0.5) is 8.78 Å². The molecule has 7 nitrogen and oxygen atoms in total. The maximum atomic E-state index is 14.5. The fraction of sp³-hybridized carbons (Fsp3) is 0.111. The van der Waals surface area contributed by atoms with E-state index in [4.69, 9.17) is 5.41 Å². The number of H-pyrrole nitrogens is 1. The highest BCUT2D eigenvalue weighted by Gasteiger charge is 2.23. The molecule has 0 fully saturated rings. The van der Waals surface area contributed by atoms with Gasteiger partial charge in [-0.05, 0) is 30.7 Å². The van der Waals surface area contributed by atoms with Gasteiger partial charge in [0.2, 0.25) is 5.16 Å². The lowest BCUT2D eigenvalue weighted by Crippen LogP contribution is -2.27. The summed E-state index contributed by atoms with van der Waals surface area (Å²) in [6.45, 7) is 1.67. The Morgan fingerprint density at radius 2 is 1.96 bits per heavy atom. The maximum Gasteiger partial charge on any atom is 0.207 e. The summed E-state index contributed by atoms with van der Waals surface area (Å²) in [6, 6.07) is 6.80. The number of nitrogens with one attached hydrogen (secondary N) is 2. The summed E-state index contributed by atoms with van der Waals surface area (Å²) < 4.78 is 43.0. The maximum absolute atomic E-state index is 14.5. The van der Waals surface area contributed by atoms with Gasteiger partial charge in [0.1, 0.15) is 22.8 Å². The topological polar surface area (TPSA) is 100 Å². The van der Waals surface area contributed by atoms with Crippen LogP contribution < -0.4 is 5.49 Å². The van der Waals surface area contributed by atoms with Gasteiger partial charge >= 0.3 is 0 Å². The predicted molar refractivity (Wildman–Crippen MR) is 98.1 cm³/mol. The molecule has 28 heavy (non-hydrogen) atoms. The van der Waals surface area contributed by atoms with E-state index in [1.807, 2.05) is 0 Å². The van der Waals surface area contributed by atoms with Crippen molar-refractivity contribution < 1.29 is 13.0 Å². The van der Waals surface area contributed by atoms with Crippen molar-refractivity contribution >= 4 is 21.8 Å². The Labute approximate surface area is 160 Å². The number of benzene rings is 1.